The van der Waals surface area contributed by atoms with Crippen LogP contribution >= 0.6 is 11.8 Å². The molecular weight excluding hydrogens is 292 g/mol. The Kier molecular flexibility index (Phi) is 4.42. The number of aromatic nitrogens is 2. The summed E-state index contributed by atoms with van der Waals surface area (Å²) >= 11 is 1.09. The molecule has 19 heavy (non-hydrogen) atoms. The van der Waals surface area contributed by atoms with Gasteiger partial charge in [0.2, 0.25) is 11.8 Å². The van der Waals surface area contributed by atoms with E-state index in [-0.39, 0.29) is 41.0 Å². The number of hydrogen-bond donors (Lipinski definition) is 2. The van der Waals surface area contributed by atoms with E-state index < -0.39 is 9.84 Å². The van der Waals surface area contributed by atoms with Gasteiger partial charge >= 0.3 is 0 Å². The molecule has 8 nitrogen and oxygen atoms in total. The molecule has 1 amide bonds. The van der Waals surface area contributed by atoms with E-state index in [9.17, 15) is 13.2 Å². The van der Waals surface area contributed by atoms with E-state index in [1.54, 1.807) is 0 Å². The molecule has 1 unspecified atom stereocenters. The second kappa shape index (κ2) is 5.88. The monoisotopic (exact) mass is 306 g/mol. The zero-order valence-corrected chi connectivity index (χ0v) is 11.7. The van der Waals surface area contributed by atoms with E-state index in [2.05, 4.69) is 15.5 Å². The average molecular weight is 306 g/mol. The molecule has 2 heterocycles. The zero-order valence-electron chi connectivity index (χ0n) is 10.0. The molecule has 10 heteroatoms. The number of amides is 1. The summed E-state index contributed by atoms with van der Waals surface area (Å²) in [5.41, 5.74) is 5.31. The Morgan fingerprint density at radius 3 is 2.89 bits per heavy atom. The molecule has 0 aliphatic carbocycles. The highest BCUT2D eigenvalue weighted by molar-refractivity contribution is 7.99. The number of carbonyl (C=O) groups excluding carboxylic acids is 1. The van der Waals surface area contributed by atoms with Crippen molar-refractivity contribution in [2.24, 2.45) is 5.73 Å². The molecule has 1 saturated heterocycles. The smallest absolute Gasteiger partial charge is 0.277 e. The number of hydrogen-bond acceptors (Lipinski definition) is 8. The van der Waals surface area contributed by atoms with Gasteiger partial charge in [0.25, 0.3) is 5.22 Å². The Hall–Kier alpha value is -1.13. The topological polar surface area (TPSA) is 128 Å². The van der Waals surface area contributed by atoms with E-state index in [0.717, 1.165) is 11.8 Å². The van der Waals surface area contributed by atoms with Crippen LogP contribution in [0, 0.1) is 0 Å². The van der Waals surface area contributed by atoms with Gasteiger partial charge in [-0.05, 0) is 6.42 Å². The van der Waals surface area contributed by atoms with Crippen molar-refractivity contribution >= 4 is 27.5 Å². The summed E-state index contributed by atoms with van der Waals surface area (Å²) < 4.78 is 27.6. The fraction of sp³-hybridized carbons (Fsp3) is 0.667. The van der Waals surface area contributed by atoms with Crippen molar-refractivity contribution in [3.8, 4) is 0 Å². The van der Waals surface area contributed by atoms with Crippen molar-refractivity contribution in [2.45, 2.75) is 24.2 Å². The minimum Gasteiger partial charge on any atom is -0.415 e. The van der Waals surface area contributed by atoms with E-state index in [4.69, 9.17) is 10.2 Å². The van der Waals surface area contributed by atoms with Crippen LogP contribution in [0.4, 0.5) is 0 Å². The first kappa shape index (κ1) is 14.3. The van der Waals surface area contributed by atoms with Crippen molar-refractivity contribution in [3.05, 3.63) is 5.89 Å². The van der Waals surface area contributed by atoms with Crippen molar-refractivity contribution in [1.82, 2.24) is 15.5 Å². The minimum atomic E-state index is -2.98. The average Bonchev–Trinajstić information content (AvgIpc) is 2.93. The predicted molar refractivity (Wildman–Crippen MR) is 68.1 cm³/mol. The van der Waals surface area contributed by atoms with E-state index in [0.29, 0.717) is 12.3 Å². The molecule has 0 radical (unpaired) electrons. The number of carbonyl (C=O) groups is 1. The lowest BCUT2D eigenvalue weighted by atomic mass is 10.3. The van der Waals surface area contributed by atoms with Crippen molar-refractivity contribution in [2.75, 3.05) is 17.3 Å². The van der Waals surface area contributed by atoms with Gasteiger partial charge in [0, 0.05) is 6.04 Å². The van der Waals surface area contributed by atoms with Gasteiger partial charge in [-0.15, -0.1) is 10.2 Å². The molecule has 2 rings (SSSR count). The number of rotatable bonds is 5. The van der Waals surface area contributed by atoms with Crippen LogP contribution in [0.15, 0.2) is 9.64 Å². The maximum Gasteiger partial charge on any atom is 0.277 e. The summed E-state index contributed by atoms with van der Waals surface area (Å²) in [7, 11) is -2.98. The molecule has 1 aromatic rings. The number of nitrogens with one attached hydrogen (secondary N) is 1. The second-order valence-electron chi connectivity index (χ2n) is 4.12. The Bertz CT molecular complexity index is 556. The summed E-state index contributed by atoms with van der Waals surface area (Å²) in [6.45, 7) is 0.152. The normalized spacial score (nSPS) is 21.4. The van der Waals surface area contributed by atoms with Gasteiger partial charge in [0.05, 0.1) is 23.8 Å². The van der Waals surface area contributed by atoms with E-state index in [1.807, 2.05) is 0 Å². The molecule has 0 bridgehead atoms. The molecule has 1 fully saturated rings. The standard InChI is InChI=1S/C9H14N4O4S2/c10-3-8-12-13-9(17-8)18-4-7(14)11-6-1-2-19(15,16)5-6/h6H,1-5,10H2,(H,11,14). The number of thioether (sulfide) groups is 1. The van der Waals surface area contributed by atoms with Crippen molar-refractivity contribution < 1.29 is 17.6 Å². The third kappa shape index (κ3) is 4.18. The highest BCUT2D eigenvalue weighted by Gasteiger charge is 2.28. The molecule has 0 saturated carbocycles. The third-order valence-electron chi connectivity index (χ3n) is 2.55. The van der Waals surface area contributed by atoms with Gasteiger partial charge in [0.15, 0.2) is 9.84 Å². The zero-order chi connectivity index (χ0) is 13.9. The first-order valence-electron chi connectivity index (χ1n) is 5.63. The van der Waals surface area contributed by atoms with Crippen LogP contribution in [0.1, 0.15) is 12.3 Å². The van der Waals surface area contributed by atoms with Gasteiger partial charge in [0.1, 0.15) is 0 Å². The van der Waals surface area contributed by atoms with Gasteiger partial charge in [-0.25, -0.2) is 8.42 Å². The number of nitrogens with two attached hydrogens (primary N) is 1. The third-order valence-corrected chi connectivity index (χ3v) is 5.13. The van der Waals surface area contributed by atoms with Gasteiger partial charge in [-0.1, -0.05) is 11.8 Å². The fourth-order valence-electron chi connectivity index (χ4n) is 1.68. The maximum atomic E-state index is 11.6. The van der Waals surface area contributed by atoms with Crippen molar-refractivity contribution in [1.29, 1.82) is 0 Å². The second-order valence-corrected chi connectivity index (χ2v) is 7.28. The van der Waals surface area contributed by atoms with Crippen molar-refractivity contribution in [3.63, 3.8) is 0 Å². The number of nitrogens with zero attached hydrogens (tertiary/aromatic N) is 2. The van der Waals surface area contributed by atoms with Crippen LogP contribution in [-0.2, 0) is 21.2 Å². The molecule has 1 atom stereocenters. The number of sulfone groups is 1. The van der Waals surface area contributed by atoms with E-state index in [1.165, 1.54) is 0 Å². The Balaban J connectivity index is 1.76. The summed E-state index contributed by atoms with van der Waals surface area (Å²) in [6.07, 6.45) is 0.469. The first-order chi connectivity index (χ1) is 8.98. The van der Waals surface area contributed by atoms with Crippen LogP contribution in [0.25, 0.3) is 0 Å². The lowest BCUT2D eigenvalue weighted by Crippen LogP contribution is -2.36. The Labute approximate surface area is 114 Å². The highest BCUT2D eigenvalue weighted by atomic mass is 32.2. The van der Waals surface area contributed by atoms with Crippen LogP contribution in [-0.4, -0.2) is 47.8 Å². The molecule has 0 aromatic carbocycles. The quantitative estimate of drug-likeness (QED) is 0.658. The molecule has 1 aliphatic heterocycles. The van der Waals surface area contributed by atoms with Crippen LogP contribution < -0.4 is 11.1 Å². The molecule has 1 aliphatic rings. The summed E-state index contributed by atoms with van der Waals surface area (Å²) in [6, 6.07) is -0.291. The Morgan fingerprint density at radius 2 is 2.32 bits per heavy atom. The molecule has 0 spiro atoms. The maximum absolute atomic E-state index is 11.6. The predicted octanol–water partition coefficient (Wildman–Crippen LogP) is -1.08. The van der Waals surface area contributed by atoms with Gasteiger partial charge < -0.3 is 15.5 Å². The van der Waals surface area contributed by atoms with Crippen LogP contribution in [0.2, 0.25) is 0 Å². The minimum absolute atomic E-state index is 0.0152. The first-order valence-corrected chi connectivity index (χ1v) is 8.44. The lowest BCUT2D eigenvalue weighted by molar-refractivity contribution is -0.119. The largest absolute Gasteiger partial charge is 0.415 e. The molecule has 3 N–H and O–H groups in total. The SMILES string of the molecule is NCc1nnc(SCC(=O)NC2CCS(=O)(=O)C2)o1. The fourth-order valence-corrected chi connectivity index (χ4v) is 3.95. The molecular formula is C9H14N4O4S2. The van der Waals surface area contributed by atoms with E-state index >= 15 is 0 Å². The highest BCUT2D eigenvalue weighted by Crippen LogP contribution is 2.16. The van der Waals surface area contributed by atoms with Crippen LogP contribution in [0.3, 0.4) is 0 Å². The summed E-state index contributed by atoms with van der Waals surface area (Å²) in [5, 5.41) is 10.3. The summed E-state index contributed by atoms with van der Waals surface area (Å²) in [4.78, 5) is 11.6. The van der Waals surface area contributed by atoms with Gasteiger partial charge in [-0.3, -0.25) is 4.79 Å². The lowest BCUT2D eigenvalue weighted by Gasteiger charge is -2.09. The van der Waals surface area contributed by atoms with Gasteiger partial charge in [-0.2, -0.15) is 0 Å². The van der Waals surface area contributed by atoms with Crippen LogP contribution in [0.5, 0.6) is 0 Å². The Morgan fingerprint density at radius 1 is 1.53 bits per heavy atom. The molecule has 1 aromatic heterocycles. The molecule has 106 valence electrons. The summed E-state index contributed by atoms with van der Waals surface area (Å²) in [5.74, 6) is 0.308.